The van der Waals surface area contributed by atoms with Gasteiger partial charge in [-0.25, -0.2) is 0 Å². The van der Waals surface area contributed by atoms with Crippen molar-refractivity contribution >= 4 is 38.3 Å². The highest BCUT2D eigenvalue weighted by Crippen LogP contribution is 2.23. The van der Waals surface area contributed by atoms with Crippen LogP contribution in [-0.4, -0.2) is 18.5 Å². The van der Waals surface area contributed by atoms with Gasteiger partial charge >= 0.3 is 0 Å². The summed E-state index contributed by atoms with van der Waals surface area (Å²) in [5.74, 6) is 0.0705. The molecule has 3 rings (SSSR count). The smallest absolute Gasteiger partial charge is 0.241 e. The van der Waals surface area contributed by atoms with E-state index in [9.17, 15) is 4.79 Å². The van der Waals surface area contributed by atoms with Crippen molar-refractivity contribution < 1.29 is 4.79 Å². The lowest BCUT2D eigenvalue weighted by atomic mass is 10.0. The minimum atomic E-state index is -0.0515. The molecule has 0 unspecified atom stereocenters. The Kier molecular flexibility index (Phi) is 4.03. The van der Waals surface area contributed by atoms with E-state index in [0.717, 1.165) is 46.7 Å². The standard InChI is InChI=1S/C16H17BrN2O/c17-13-6-4-12-10-14(7-5-11(12)9-13)19-16(20)15-3-1-2-8-18-15/h4-7,9-10,15,18H,1-3,8H2,(H,19,20)/t15-/m1/s1. The van der Waals surface area contributed by atoms with E-state index in [0.29, 0.717) is 0 Å². The van der Waals surface area contributed by atoms with E-state index in [1.54, 1.807) is 0 Å². The summed E-state index contributed by atoms with van der Waals surface area (Å²) in [7, 11) is 0. The monoisotopic (exact) mass is 332 g/mol. The highest BCUT2D eigenvalue weighted by Gasteiger charge is 2.20. The molecule has 2 aromatic carbocycles. The zero-order valence-electron chi connectivity index (χ0n) is 11.2. The highest BCUT2D eigenvalue weighted by atomic mass is 79.9. The van der Waals surface area contributed by atoms with Crippen molar-refractivity contribution in [1.29, 1.82) is 0 Å². The Morgan fingerprint density at radius 3 is 2.75 bits per heavy atom. The number of nitrogens with one attached hydrogen (secondary N) is 2. The number of piperidine rings is 1. The molecule has 0 aromatic heterocycles. The van der Waals surface area contributed by atoms with Crippen molar-refractivity contribution in [2.45, 2.75) is 25.3 Å². The molecule has 2 N–H and O–H groups in total. The molecule has 1 aliphatic rings. The van der Waals surface area contributed by atoms with Crippen molar-refractivity contribution in [2.24, 2.45) is 0 Å². The number of benzene rings is 2. The first-order chi connectivity index (χ1) is 9.72. The summed E-state index contributed by atoms with van der Waals surface area (Å²) < 4.78 is 1.06. The highest BCUT2D eigenvalue weighted by molar-refractivity contribution is 9.10. The fourth-order valence-corrected chi connectivity index (χ4v) is 2.98. The van der Waals surface area contributed by atoms with Crippen LogP contribution in [0.15, 0.2) is 40.9 Å². The number of halogens is 1. The summed E-state index contributed by atoms with van der Waals surface area (Å²) in [6.07, 6.45) is 3.21. The van der Waals surface area contributed by atoms with Crippen LogP contribution in [0.4, 0.5) is 5.69 Å². The van der Waals surface area contributed by atoms with Crippen LogP contribution in [-0.2, 0) is 4.79 Å². The molecule has 0 bridgehead atoms. The molecule has 0 spiro atoms. The normalized spacial score (nSPS) is 18.9. The van der Waals surface area contributed by atoms with E-state index >= 15 is 0 Å². The average molecular weight is 333 g/mol. The Balaban J connectivity index is 1.76. The van der Waals surface area contributed by atoms with Gasteiger partial charge in [0, 0.05) is 10.2 Å². The summed E-state index contributed by atoms with van der Waals surface area (Å²) in [6, 6.07) is 12.1. The van der Waals surface area contributed by atoms with Crippen molar-refractivity contribution in [1.82, 2.24) is 5.32 Å². The predicted molar refractivity (Wildman–Crippen MR) is 85.9 cm³/mol. The number of carbonyl (C=O) groups is 1. The number of hydrogen-bond acceptors (Lipinski definition) is 2. The topological polar surface area (TPSA) is 41.1 Å². The maximum atomic E-state index is 12.2. The molecule has 0 saturated carbocycles. The maximum Gasteiger partial charge on any atom is 0.241 e. The second-order valence-corrected chi connectivity index (χ2v) is 6.11. The predicted octanol–water partition coefficient (Wildman–Crippen LogP) is 3.68. The van der Waals surface area contributed by atoms with Gasteiger partial charge in [0.15, 0.2) is 0 Å². The molecule has 1 aliphatic heterocycles. The van der Waals surface area contributed by atoms with Gasteiger partial charge in [-0.2, -0.15) is 0 Å². The molecule has 1 heterocycles. The Bertz CT molecular complexity index is 635. The zero-order valence-corrected chi connectivity index (χ0v) is 12.7. The average Bonchev–Trinajstić information content (AvgIpc) is 2.48. The van der Waals surface area contributed by atoms with Crippen LogP contribution in [0, 0.1) is 0 Å². The quantitative estimate of drug-likeness (QED) is 0.880. The van der Waals surface area contributed by atoms with Crippen LogP contribution in [0.1, 0.15) is 19.3 Å². The second kappa shape index (κ2) is 5.94. The number of rotatable bonds is 2. The molecule has 20 heavy (non-hydrogen) atoms. The van der Waals surface area contributed by atoms with E-state index in [-0.39, 0.29) is 11.9 Å². The SMILES string of the molecule is O=C(Nc1ccc2cc(Br)ccc2c1)[C@H]1CCCCN1. The van der Waals surface area contributed by atoms with Gasteiger partial charge in [-0.1, -0.05) is 34.5 Å². The number of anilines is 1. The molecular weight excluding hydrogens is 316 g/mol. The molecule has 0 aliphatic carbocycles. The van der Waals surface area contributed by atoms with Gasteiger partial charge in [-0.15, -0.1) is 0 Å². The van der Waals surface area contributed by atoms with Crippen LogP contribution in [0.2, 0.25) is 0 Å². The van der Waals surface area contributed by atoms with E-state index < -0.39 is 0 Å². The van der Waals surface area contributed by atoms with Crippen molar-refractivity contribution in [2.75, 3.05) is 11.9 Å². The van der Waals surface area contributed by atoms with Crippen LogP contribution >= 0.6 is 15.9 Å². The van der Waals surface area contributed by atoms with Gasteiger partial charge in [-0.3, -0.25) is 4.79 Å². The summed E-state index contributed by atoms with van der Waals surface area (Å²) in [6.45, 7) is 0.934. The number of amides is 1. The van der Waals surface area contributed by atoms with Crippen LogP contribution in [0.3, 0.4) is 0 Å². The molecule has 104 valence electrons. The van der Waals surface area contributed by atoms with Gasteiger partial charge in [0.25, 0.3) is 0 Å². The third-order valence-corrected chi connectivity index (χ3v) is 4.19. The number of carbonyl (C=O) groups excluding carboxylic acids is 1. The second-order valence-electron chi connectivity index (χ2n) is 5.20. The van der Waals surface area contributed by atoms with Gasteiger partial charge in [0.2, 0.25) is 5.91 Å². The number of fused-ring (bicyclic) bond motifs is 1. The summed E-state index contributed by atoms with van der Waals surface area (Å²) in [4.78, 5) is 12.2. The Morgan fingerprint density at radius 2 is 1.95 bits per heavy atom. The largest absolute Gasteiger partial charge is 0.325 e. The minimum absolute atomic E-state index is 0.0515. The van der Waals surface area contributed by atoms with Gasteiger partial charge in [-0.05, 0) is 54.4 Å². The Morgan fingerprint density at radius 1 is 1.15 bits per heavy atom. The van der Waals surface area contributed by atoms with Crippen LogP contribution < -0.4 is 10.6 Å². The Labute approximate surface area is 126 Å². The maximum absolute atomic E-state index is 12.2. The van der Waals surface area contributed by atoms with Crippen molar-refractivity contribution in [3.63, 3.8) is 0 Å². The third kappa shape index (κ3) is 3.02. The molecule has 0 radical (unpaired) electrons. The van der Waals surface area contributed by atoms with Gasteiger partial charge in [0.05, 0.1) is 6.04 Å². The molecule has 1 saturated heterocycles. The van der Waals surface area contributed by atoms with E-state index in [2.05, 4.69) is 32.6 Å². The first-order valence-electron chi connectivity index (χ1n) is 6.96. The molecular formula is C16H17BrN2O. The van der Waals surface area contributed by atoms with Crippen molar-refractivity contribution in [3.8, 4) is 0 Å². The lowest BCUT2D eigenvalue weighted by Gasteiger charge is -2.22. The lowest BCUT2D eigenvalue weighted by molar-refractivity contribution is -0.118. The van der Waals surface area contributed by atoms with E-state index in [1.807, 2.05) is 30.3 Å². The molecule has 1 amide bonds. The molecule has 1 atom stereocenters. The molecule has 3 nitrogen and oxygen atoms in total. The molecule has 2 aromatic rings. The number of hydrogen-bond donors (Lipinski definition) is 2. The Hall–Kier alpha value is -1.39. The minimum Gasteiger partial charge on any atom is -0.325 e. The summed E-state index contributed by atoms with van der Waals surface area (Å²) in [5, 5.41) is 8.56. The van der Waals surface area contributed by atoms with Gasteiger partial charge < -0.3 is 10.6 Å². The zero-order chi connectivity index (χ0) is 13.9. The fourth-order valence-electron chi connectivity index (χ4n) is 2.60. The van der Waals surface area contributed by atoms with Gasteiger partial charge in [0.1, 0.15) is 0 Å². The van der Waals surface area contributed by atoms with Crippen LogP contribution in [0.25, 0.3) is 10.8 Å². The summed E-state index contributed by atoms with van der Waals surface area (Å²) in [5.41, 5.74) is 0.859. The van der Waals surface area contributed by atoms with Crippen LogP contribution in [0.5, 0.6) is 0 Å². The first-order valence-corrected chi connectivity index (χ1v) is 7.75. The third-order valence-electron chi connectivity index (χ3n) is 3.70. The van der Waals surface area contributed by atoms with E-state index in [1.165, 1.54) is 0 Å². The van der Waals surface area contributed by atoms with E-state index in [4.69, 9.17) is 0 Å². The molecule has 1 fully saturated rings. The lowest BCUT2D eigenvalue weighted by Crippen LogP contribution is -2.43. The molecule has 4 heteroatoms. The summed E-state index contributed by atoms with van der Waals surface area (Å²) >= 11 is 3.47. The fraction of sp³-hybridized carbons (Fsp3) is 0.312. The first kappa shape index (κ1) is 13.6. The van der Waals surface area contributed by atoms with Crippen molar-refractivity contribution in [3.05, 3.63) is 40.9 Å².